The van der Waals surface area contributed by atoms with Crippen molar-refractivity contribution in [2.24, 2.45) is 4.99 Å². The van der Waals surface area contributed by atoms with E-state index in [9.17, 15) is 0 Å². The zero-order valence-electron chi connectivity index (χ0n) is 10.1. The first-order chi connectivity index (χ1) is 8.20. The highest BCUT2D eigenvalue weighted by atomic mass is 79.9. The van der Waals surface area contributed by atoms with E-state index in [0.717, 1.165) is 18.3 Å². The fourth-order valence-corrected chi connectivity index (χ4v) is 4.16. The highest BCUT2D eigenvalue weighted by Crippen LogP contribution is 2.26. The average molecular weight is 333 g/mol. The van der Waals surface area contributed by atoms with Crippen molar-refractivity contribution < 1.29 is 0 Å². The topological polar surface area (TPSA) is 15.6 Å². The summed E-state index contributed by atoms with van der Waals surface area (Å²) in [4.78, 5) is 8.38. The zero-order valence-corrected chi connectivity index (χ0v) is 13.3. The number of alkyl halides is 1. The van der Waals surface area contributed by atoms with Gasteiger partial charge in [-0.2, -0.15) is 0 Å². The lowest BCUT2D eigenvalue weighted by Crippen LogP contribution is -2.34. The van der Waals surface area contributed by atoms with Crippen LogP contribution in [0.1, 0.15) is 11.8 Å². The summed E-state index contributed by atoms with van der Waals surface area (Å²) < 4.78 is 0. The highest BCUT2D eigenvalue weighted by molar-refractivity contribution is 9.09. The summed E-state index contributed by atoms with van der Waals surface area (Å²) in [6.07, 6.45) is 1.10. The predicted molar refractivity (Wildman–Crippen MR) is 82.7 cm³/mol. The van der Waals surface area contributed by atoms with Gasteiger partial charge in [-0.25, -0.2) is 0 Å². The molecule has 0 saturated carbocycles. The Morgan fingerprint density at radius 1 is 1.65 bits per heavy atom. The summed E-state index contributed by atoms with van der Waals surface area (Å²) >= 11 is 7.25. The van der Waals surface area contributed by atoms with E-state index in [0.29, 0.717) is 11.3 Å². The van der Waals surface area contributed by atoms with E-state index in [2.05, 4.69) is 57.3 Å². The molecule has 2 nitrogen and oxygen atoms in total. The van der Waals surface area contributed by atoms with Crippen molar-refractivity contribution in [3.8, 4) is 0 Å². The van der Waals surface area contributed by atoms with Gasteiger partial charge in [0, 0.05) is 35.0 Å². The number of rotatable bonds is 4. The van der Waals surface area contributed by atoms with E-state index in [1.807, 2.05) is 23.1 Å². The van der Waals surface area contributed by atoms with Crippen LogP contribution >= 0.6 is 39.0 Å². The van der Waals surface area contributed by atoms with Gasteiger partial charge < -0.3 is 4.90 Å². The first-order valence-corrected chi connectivity index (χ1v) is 8.61. The molecule has 0 fully saturated rings. The van der Waals surface area contributed by atoms with Gasteiger partial charge >= 0.3 is 0 Å². The number of thioether (sulfide) groups is 1. The third-order valence-corrected chi connectivity index (χ3v) is 6.30. The second-order valence-electron chi connectivity index (χ2n) is 4.26. The Labute approximate surface area is 120 Å². The van der Waals surface area contributed by atoms with Crippen LogP contribution in [0.2, 0.25) is 0 Å². The number of hydrogen-bond donors (Lipinski definition) is 0. The lowest BCUT2D eigenvalue weighted by atomic mass is 10.2. The maximum atomic E-state index is 4.62. The van der Waals surface area contributed by atoms with Gasteiger partial charge in [-0.1, -0.05) is 33.8 Å². The summed E-state index contributed by atoms with van der Waals surface area (Å²) in [7, 11) is 2.15. The van der Waals surface area contributed by atoms with E-state index in [1.165, 1.54) is 10.0 Å². The molecule has 1 aromatic rings. The molecule has 0 spiro atoms. The van der Waals surface area contributed by atoms with E-state index in [1.54, 1.807) is 0 Å². The largest absolute Gasteiger partial charge is 0.351 e. The zero-order chi connectivity index (χ0) is 12.3. The normalized spacial score (nSPS) is 21.4. The molecule has 0 N–H and O–H groups in total. The molecular weight excluding hydrogens is 316 g/mol. The molecule has 2 heterocycles. The van der Waals surface area contributed by atoms with Crippen LogP contribution in [0, 0.1) is 0 Å². The third kappa shape index (κ3) is 3.48. The molecule has 1 aliphatic rings. The van der Waals surface area contributed by atoms with Crippen molar-refractivity contribution in [3.05, 3.63) is 22.4 Å². The second-order valence-corrected chi connectivity index (χ2v) is 7.21. The van der Waals surface area contributed by atoms with E-state index < -0.39 is 0 Å². The summed E-state index contributed by atoms with van der Waals surface area (Å²) in [5.74, 6) is 0. The Morgan fingerprint density at radius 2 is 2.47 bits per heavy atom. The molecule has 0 aliphatic carbocycles. The summed E-state index contributed by atoms with van der Waals surface area (Å²) in [6.45, 7) is 3.21. The van der Waals surface area contributed by atoms with Crippen molar-refractivity contribution in [1.29, 1.82) is 0 Å². The third-order valence-electron chi connectivity index (χ3n) is 2.91. The maximum absolute atomic E-state index is 4.62. The minimum Gasteiger partial charge on any atom is -0.351 e. The van der Waals surface area contributed by atoms with Crippen molar-refractivity contribution >= 4 is 44.2 Å². The van der Waals surface area contributed by atoms with Crippen LogP contribution in [0.15, 0.2) is 22.5 Å². The number of hydrogen-bond acceptors (Lipinski definition) is 4. The predicted octanol–water partition coefficient (Wildman–Crippen LogP) is 3.48. The van der Waals surface area contributed by atoms with Crippen molar-refractivity contribution in [1.82, 2.24) is 4.90 Å². The average Bonchev–Trinajstić information content (AvgIpc) is 2.98. The molecule has 94 valence electrons. The van der Waals surface area contributed by atoms with E-state index in [-0.39, 0.29) is 0 Å². The number of nitrogens with zero attached hydrogens (tertiary/aromatic N) is 2. The maximum Gasteiger partial charge on any atom is 0.159 e. The fourth-order valence-electron chi connectivity index (χ4n) is 1.72. The van der Waals surface area contributed by atoms with Gasteiger partial charge in [0.05, 0.1) is 6.54 Å². The Morgan fingerprint density at radius 3 is 3.06 bits per heavy atom. The van der Waals surface area contributed by atoms with Crippen molar-refractivity contribution in [2.45, 2.75) is 24.6 Å². The molecule has 0 saturated heterocycles. The quantitative estimate of drug-likeness (QED) is 0.784. The standard InChI is InChI=1S/C12H17BrN2S2/c1-9(6-10-4-3-5-16-10)15(2)12-14-8-11(7-13)17-12/h3-5,9,11H,6-8H2,1-2H3. The Bertz CT molecular complexity index is 378. The molecule has 2 unspecified atom stereocenters. The Kier molecular flexibility index (Phi) is 4.94. The van der Waals surface area contributed by atoms with Crippen molar-refractivity contribution in [2.75, 3.05) is 18.9 Å². The van der Waals surface area contributed by atoms with Gasteiger partial charge in [0.2, 0.25) is 0 Å². The summed E-state index contributed by atoms with van der Waals surface area (Å²) in [5, 5.41) is 4.97. The fraction of sp³-hybridized carbons (Fsp3) is 0.583. The smallest absolute Gasteiger partial charge is 0.159 e. The van der Waals surface area contributed by atoms with E-state index in [4.69, 9.17) is 0 Å². The number of halogens is 1. The monoisotopic (exact) mass is 332 g/mol. The van der Waals surface area contributed by atoms with Gasteiger partial charge in [-0.05, 0) is 18.4 Å². The first kappa shape index (κ1) is 13.4. The molecule has 1 aromatic heterocycles. The molecule has 0 bridgehead atoms. The van der Waals surface area contributed by atoms with Gasteiger partial charge in [0.25, 0.3) is 0 Å². The van der Waals surface area contributed by atoms with Crippen LogP contribution in [0.4, 0.5) is 0 Å². The molecule has 0 aromatic carbocycles. The lowest BCUT2D eigenvalue weighted by molar-refractivity contribution is 0.396. The molecule has 2 rings (SSSR count). The van der Waals surface area contributed by atoms with Crippen molar-refractivity contribution in [3.63, 3.8) is 0 Å². The molecular formula is C12H17BrN2S2. The van der Waals surface area contributed by atoms with Gasteiger partial charge in [0.1, 0.15) is 0 Å². The lowest BCUT2D eigenvalue weighted by Gasteiger charge is -2.26. The van der Waals surface area contributed by atoms with Crippen LogP contribution in [0.3, 0.4) is 0 Å². The minimum absolute atomic E-state index is 0.508. The number of thiophene rings is 1. The molecule has 17 heavy (non-hydrogen) atoms. The second kappa shape index (κ2) is 6.25. The molecule has 0 radical (unpaired) electrons. The van der Waals surface area contributed by atoms with Crippen LogP contribution in [-0.2, 0) is 6.42 Å². The van der Waals surface area contributed by atoms with Crippen LogP contribution in [-0.4, -0.2) is 40.3 Å². The molecule has 1 aliphatic heterocycles. The number of amidine groups is 1. The van der Waals surface area contributed by atoms with Crippen LogP contribution in [0.25, 0.3) is 0 Å². The van der Waals surface area contributed by atoms with Gasteiger partial charge in [0.15, 0.2) is 5.17 Å². The van der Waals surface area contributed by atoms with Crippen LogP contribution < -0.4 is 0 Å². The number of aliphatic imine (C=N–C) groups is 1. The molecule has 0 amide bonds. The van der Waals surface area contributed by atoms with Gasteiger partial charge in [-0.15, -0.1) is 11.3 Å². The molecule has 5 heteroatoms. The number of likely N-dealkylation sites (N-methyl/N-ethyl adjacent to an activating group) is 1. The minimum atomic E-state index is 0.508. The summed E-state index contributed by atoms with van der Waals surface area (Å²) in [6, 6.07) is 4.84. The van der Waals surface area contributed by atoms with E-state index >= 15 is 0 Å². The first-order valence-electron chi connectivity index (χ1n) is 5.73. The Hall–Kier alpha value is -0.000000000000000111. The van der Waals surface area contributed by atoms with Gasteiger partial charge in [-0.3, -0.25) is 4.99 Å². The summed E-state index contributed by atoms with van der Waals surface area (Å²) in [5.41, 5.74) is 0. The SMILES string of the molecule is CC(Cc1cccs1)N(C)C1=NCC(CBr)S1. The highest BCUT2D eigenvalue weighted by Gasteiger charge is 2.23. The van der Waals surface area contributed by atoms with Crippen LogP contribution in [0.5, 0.6) is 0 Å². The Balaban J connectivity index is 1.89. The molecule has 2 atom stereocenters.